The van der Waals surface area contributed by atoms with Crippen LogP contribution in [0.5, 0.6) is 0 Å². The molecule has 1 saturated heterocycles. The number of hydrogen-bond donors (Lipinski definition) is 1. The molecule has 0 aromatic rings. The predicted molar refractivity (Wildman–Crippen MR) is 73.3 cm³/mol. The van der Waals surface area contributed by atoms with E-state index < -0.39 is 14.6 Å². The van der Waals surface area contributed by atoms with E-state index in [4.69, 9.17) is 5.73 Å². The fraction of sp³-hybridized carbons (Fsp3) is 0.917. The van der Waals surface area contributed by atoms with Gasteiger partial charge in [-0.3, -0.25) is 4.99 Å². The van der Waals surface area contributed by atoms with E-state index in [1.807, 2.05) is 0 Å². The number of sulfone groups is 1. The van der Waals surface area contributed by atoms with Crippen molar-refractivity contribution in [2.45, 2.75) is 37.4 Å². The highest BCUT2D eigenvalue weighted by molar-refractivity contribution is 7.92. The maximum atomic E-state index is 11.6. The second-order valence-electron chi connectivity index (χ2n) is 5.82. The minimum atomic E-state index is -3.01. The summed E-state index contributed by atoms with van der Waals surface area (Å²) in [7, 11) is -3.01. The highest BCUT2D eigenvalue weighted by Crippen LogP contribution is 2.43. The molecule has 1 aliphatic heterocycles. The van der Waals surface area contributed by atoms with Crippen molar-refractivity contribution in [2.75, 3.05) is 25.9 Å². The molecule has 5 nitrogen and oxygen atoms in total. The molecule has 0 spiro atoms. The minimum Gasteiger partial charge on any atom is -0.370 e. The zero-order valence-electron chi connectivity index (χ0n) is 11.2. The van der Waals surface area contributed by atoms with E-state index in [0.29, 0.717) is 18.4 Å². The average molecular weight is 273 g/mol. The van der Waals surface area contributed by atoms with E-state index >= 15 is 0 Å². The molecule has 2 fully saturated rings. The largest absolute Gasteiger partial charge is 0.370 e. The predicted octanol–water partition coefficient (Wildman–Crippen LogP) is 0.610. The maximum absolute atomic E-state index is 11.6. The highest BCUT2D eigenvalue weighted by Gasteiger charge is 2.52. The van der Waals surface area contributed by atoms with Gasteiger partial charge in [-0.05, 0) is 31.6 Å². The number of aliphatic imine (C=N–C) groups is 1. The first-order valence-corrected chi connectivity index (χ1v) is 8.48. The quantitative estimate of drug-likeness (QED) is 0.604. The van der Waals surface area contributed by atoms with Crippen LogP contribution in [-0.2, 0) is 9.84 Å². The van der Waals surface area contributed by atoms with E-state index in [1.165, 1.54) is 12.7 Å². The molecule has 104 valence electrons. The van der Waals surface area contributed by atoms with Crippen molar-refractivity contribution in [2.24, 2.45) is 16.6 Å². The second kappa shape index (κ2) is 4.72. The van der Waals surface area contributed by atoms with E-state index in [-0.39, 0.29) is 0 Å². The number of nitrogens with two attached hydrogens (primary N) is 1. The number of likely N-dealkylation sites (tertiary alicyclic amines) is 1. The van der Waals surface area contributed by atoms with Crippen molar-refractivity contribution in [1.29, 1.82) is 0 Å². The van der Waals surface area contributed by atoms with Crippen LogP contribution in [0.25, 0.3) is 0 Å². The standard InChI is InChI=1S/C12H23N3O2S/c1-10-4-3-7-15(8-10)11(13)14-9-12(5-6-12)18(2,16)17/h10H,3-9H2,1-2H3,(H2,13,14). The van der Waals surface area contributed by atoms with Crippen molar-refractivity contribution in [3.8, 4) is 0 Å². The average Bonchev–Trinajstić information content (AvgIpc) is 3.06. The van der Waals surface area contributed by atoms with Crippen molar-refractivity contribution in [3.63, 3.8) is 0 Å². The van der Waals surface area contributed by atoms with Crippen molar-refractivity contribution < 1.29 is 8.42 Å². The molecule has 0 amide bonds. The third-order valence-corrected chi connectivity index (χ3v) is 6.21. The Labute approximate surface area is 109 Å². The lowest BCUT2D eigenvalue weighted by Crippen LogP contribution is -2.44. The Morgan fingerprint density at radius 2 is 2.17 bits per heavy atom. The molecular weight excluding hydrogens is 250 g/mol. The van der Waals surface area contributed by atoms with E-state index in [1.54, 1.807) is 0 Å². The van der Waals surface area contributed by atoms with Gasteiger partial charge < -0.3 is 10.6 Å². The van der Waals surface area contributed by atoms with Gasteiger partial charge in [0.05, 0.1) is 11.3 Å². The van der Waals surface area contributed by atoms with Gasteiger partial charge in [0.2, 0.25) is 0 Å². The SMILES string of the molecule is CC1CCCN(C(N)=NCC2(S(C)(=O)=O)CC2)C1. The third kappa shape index (κ3) is 2.79. The summed E-state index contributed by atoms with van der Waals surface area (Å²) in [6.45, 7) is 4.40. The van der Waals surface area contributed by atoms with Crippen molar-refractivity contribution >= 4 is 15.8 Å². The van der Waals surface area contributed by atoms with Crippen LogP contribution in [0.4, 0.5) is 0 Å². The minimum absolute atomic E-state index is 0.322. The Morgan fingerprint density at radius 3 is 2.67 bits per heavy atom. The van der Waals surface area contributed by atoms with Crippen LogP contribution < -0.4 is 5.73 Å². The Kier molecular flexibility index (Phi) is 3.58. The summed E-state index contributed by atoms with van der Waals surface area (Å²) in [5.74, 6) is 1.15. The summed E-state index contributed by atoms with van der Waals surface area (Å²) in [6.07, 6.45) is 5.11. The fourth-order valence-electron chi connectivity index (χ4n) is 2.51. The molecule has 1 saturated carbocycles. The number of piperidine rings is 1. The number of rotatable bonds is 3. The third-order valence-electron chi connectivity index (χ3n) is 4.10. The fourth-order valence-corrected chi connectivity index (χ4v) is 3.65. The summed E-state index contributed by atoms with van der Waals surface area (Å²) in [4.78, 5) is 6.40. The molecule has 6 heteroatoms. The van der Waals surface area contributed by atoms with Crippen molar-refractivity contribution in [3.05, 3.63) is 0 Å². The molecule has 2 aliphatic rings. The van der Waals surface area contributed by atoms with Crippen LogP contribution in [0.3, 0.4) is 0 Å². The van der Waals surface area contributed by atoms with Crippen LogP contribution in [0.15, 0.2) is 4.99 Å². The van der Waals surface area contributed by atoms with Crippen LogP contribution >= 0.6 is 0 Å². The first-order chi connectivity index (χ1) is 8.34. The molecule has 1 heterocycles. The molecule has 18 heavy (non-hydrogen) atoms. The molecule has 2 rings (SSSR count). The molecule has 0 radical (unpaired) electrons. The topological polar surface area (TPSA) is 75.8 Å². The first kappa shape index (κ1) is 13.6. The Balaban J connectivity index is 1.97. The summed E-state index contributed by atoms with van der Waals surface area (Å²) in [6, 6.07) is 0. The van der Waals surface area contributed by atoms with Gasteiger partial charge in [-0.2, -0.15) is 0 Å². The van der Waals surface area contributed by atoms with Crippen LogP contribution in [0.2, 0.25) is 0 Å². The van der Waals surface area contributed by atoms with Gasteiger partial charge in [0.1, 0.15) is 0 Å². The Bertz CT molecular complexity index is 440. The molecular formula is C12H23N3O2S. The van der Waals surface area contributed by atoms with Gasteiger partial charge >= 0.3 is 0 Å². The number of guanidine groups is 1. The summed E-state index contributed by atoms with van der Waals surface area (Å²) >= 11 is 0. The Hall–Kier alpha value is -0.780. The normalized spacial score (nSPS) is 28.2. The highest BCUT2D eigenvalue weighted by atomic mass is 32.2. The van der Waals surface area contributed by atoms with Gasteiger partial charge in [-0.25, -0.2) is 8.42 Å². The summed E-state index contributed by atoms with van der Waals surface area (Å²) < 4.78 is 22.7. The maximum Gasteiger partial charge on any atom is 0.191 e. The van der Waals surface area contributed by atoms with Gasteiger partial charge in [0, 0.05) is 19.3 Å². The lowest BCUT2D eigenvalue weighted by molar-refractivity contribution is 0.270. The molecule has 1 unspecified atom stereocenters. The summed E-state index contributed by atoms with van der Waals surface area (Å²) in [5, 5.41) is 0. The van der Waals surface area contributed by atoms with Crippen LogP contribution in [0.1, 0.15) is 32.6 Å². The molecule has 0 bridgehead atoms. The van der Waals surface area contributed by atoms with Crippen LogP contribution in [-0.4, -0.2) is 49.9 Å². The van der Waals surface area contributed by atoms with Crippen LogP contribution in [0, 0.1) is 5.92 Å². The molecule has 2 N–H and O–H groups in total. The lowest BCUT2D eigenvalue weighted by atomic mass is 10.0. The Morgan fingerprint density at radius 1 is 1.50 bits per heavy atom. The molecule has 1 aliphatic carbocycles. The van der Waals surface area contributed by atoms with E-state index in [9.17, 15) is 8.42 Å². The van der Waals surface area contributed by atoms with Gasteiger partial charge in [0.15, 0.2) is 15.8 Å². The molecule has 0 aromatic heterocycles. The number of hydrogen-bond acceptors (Lipinski definition) is 3. The molecule has 1 atom stereocenters. The first-order valence-electron chi connectivity index (χ1n) is 6.58. The second-order valence-corrected chi connectivity index (χ2v) is 8.23. The van der Waals surface area contributed by atoms with E-state index in [2.05, 4.69) is 16.8 Å². The zero-order chi connectivity index (χ0) is 13.4. The van der Waals surface area contributed by atoms with Crippen molar-refractivity contribution in [1.82, 2.24) is 4.90 Å². The lowest BCUT2D eigenvalue weighted by Gasteiger charge is -2.31. The van der Waals surface area contributed by atoms with E-state index in [0.717, 1.165) is 32.4 Å². The summed E-state index contributed by atoms with van der Waals surface area (Å²) in [5.41, 5.74) is 5.97. The van der Waals surface area contributed by atoms with Gasteiger partial charge in [-0.15, -0.1) is 0 Å². The monoisotopic (exact) mass is 273 g/mol. The smallest absolute Gasteiger partial charge is 0.191 e. The number of nitrogens with zero attached hydrogens (tertiary/aromatic N) is 2. The molecule has 0 aromatic carbocycles. The zero-order valence-corrected chi connectivity index (χ0v) is 12.0. The van der Waals surface area contributed by atoms with Gasteiger partial charge in [-0.1, -0.05) is 6.92 Å². The van der Waals surface area contributed by atoms with Gasteiger partial charge in [0.25, 0.3) is 0 Å².